The van der Waals surface area contributed by atoms with Gasteiger partial charge in [0.05, 0.1) is 0 Å². The monoisotopic (exact) mass is 429 g/mol. The Hall–Kier alpha value is -2.28. The number of rotatable bonds is 5. The van der Waals surface area contributed by atoms with Gasteiger partial charge in [-0.3, -0.25) is 0 Å². The van der Waals surface area contributed by atoms with Crippen molar-refractivity contribution in [2.75, 3.05) is 6.54 Å². The van der Waals surface area contributed by atoms with Crippen LogP contribution in [-0.2, 0) is 0 Å². The number of hydrogen-bond acceptors (Lipinski definition) is 6. The summed E-state index contributed by atoms with van der Waals surface area (Å²) in [6.45, 7) is 2.69. The number of carboxylic acids is 1. The van der Waals surface area contributed by atoms with Gasteiger partial charge in [0.2, 0.25) is 0 Å². The zero-order valence-corrected chi connectivity index (χ0v) is 16.8. The van der Waals surface area contributed by atoms with Crippen molar-refractivity contribution >= 4 is 44.0 Å². The van der Waals surface area contributed by atoms with E-state index in [0.717, 1.165) is 20.9 Å². The molecule has 9 heteroatoms. The second-order valence-electron chi connectivity index (χ2n) is 5.79. The van der Waals surface area contributed by atoms with Crippen LogP contribution in [0.5, 0.6) is 0 Å². The Morgan fingerprint density at radius 2 is 2.19 bits per heavy atom. The number of amidine groups is 1. The quantitative estimate of drug-likeness (QED) is 0.426. The molecule has 0 bridgehead atoms. The van der Waals surface area contributed by atoms with Gasteiger partial charge in [0.15, 0.2) is 0 Å². The molecule has 0 saturated carbocycles. The summed E-state index contributed by atoms with van der Waals surface area (Å²) >= 11 is 0.973. The molecule has 1 atom stereocenters. The maximum absolute atomic E-state index is 11.0. The first-order chi connectivity index (χ1) is 12.6. The molecule has 26 heavy (non-hydrogen) atoms. The van der Waals surface area contributed by atoms with Gasteiger partial charge in [0.25, 0.3) is 0 Å². The number of aromatic carboxylic acids is 1. The number of fused-ring (bicyclic) bond motifs is 1. The molecule has 2 aromatic rings. The number of nitrogens with zero attached hydrogens (tertiary/aromatic N) is 4. The summed E-state index contributed by atoms with van der Waals surface area (Å²) in [5.41, 5.74) is 1.36. The van der Waals surface area contributed by atoms with Gasteiger partial charge in [-0.2, -0.15) is 0 Å². The molecule has 131 valence electrons. The van der Waals surface area contributed by atoms with Crippen molar-refractivity contribution in [1.29, 1.82) is 0 Å². The Bertz CT molecular complexity index is 935. The molecule has 7 nitrogen and oxygen atoms in total. The molecule has 1 aromatic carbocycles. The summed E-state index contributed by atoms with van der Waals surface area (Å²) in [5.74, 6) is 0.0802. The second-order valence-corrected chi connectivity index (χ2v) is 9.58. The van der Waals surface area contributed by atoms with E-state index in [1.807, 2.05) is 31.5 Å². The van der Waals surface area contributed by atoms with Crippen LogP contribution in [-0.4, -0.2) is 53.7 Å². The van der Waals surface area contributed by atoms with Gasteiger partial charge in [-0.1, -0.05) is 0 Å². The first-order valence-corrected chi connectivity index (χ1v) is 10.8. The van der Waals surface area contributed by atoms with Crippen molar-refractivity contribution in [3.05, 3.63) is 64.7 Å². The van der Waals surface area contributed by atoms with Crippen LogP contribution in [0.2, 0.25) is 0 Å². The zero-order chi connectivity index (χ0) is 18.1. The van der Waals surface area contributed by atoms with Crippen LogP contribution in [0.1, 0.15) is 16.1 Å². The van der Waals surface area contributed by atoms with E-state index in [2.05, 4.69) is 36.7 Å². The summed E-state index contributed by atoms with van der Waals surface area (Å²) < 4.78 is 4.45. The van der Waals surface area contributed by atoms with Crippen LogP contribution in [0.4, 0.5) is 0 Å². The Kier molecular flexibility index (Phi) is 4.71. The summed E-state index contributed by atoms with van der Waals surface area (Å²) in [6, 6.07) is 9.00. The van der Waals surface area contributed by atoms with Crippen molar-refractivity contribution in [1.82, 2.24) is 19.4 Å². The van der Waals surface area contributed by atoms with Crippen molar-refractivity contribution < 1.29 is 9.90 Å². The van der Waals surface area contributed by atoms with Gasteiger partial charge in [-0.05, 0) is 0 Å². The number of aromatic nitrogens is 2. The minimum absolute atomic E-state index is 0.292. The van der Waals surface area contributed by atoms with Gasteiger partial charge in [-0.25, -0.2) is 0 Å². The molecule has 2 N–H and O–H groups in total. The van der Waals surface area contributed by atoms with Gasteiger partial charge in [0.1, 0.15) is 0 Å². The molecule has 3 heterocycles. The fraction of sp³-hybridized carbons (Fsp3) is 0.118. The fourth-order valence-electron chi connectivity index (χ4n) is 2.61. The van der Waals surface area contributed by atoms with Gasteiger partial charge in [-0.15, -0.1) is 0 Å². The van der Waals surface area contributed by atoms with Crippen LogP contribution < -0.4 is 9.38 Å². The normalized spacial score (nSPS) is 16.9. The Balaban J connectivity index is 1.54. The average molecular weight is 429 g/mol. The number of hydrogen-bond donors (Lipinski definition) is 2. The van der Waals surface area contributed by atoms with E-state index < -0.39 is 21.7 Å². The molecule has 0 saturated heterocycles. The molecule has 2 aliphatic heterocycles. The Morgan fingerprint density at radius 1 is 1.38 bits per heavy atom. The van der Waals surface area contributed by atoms with Crippen molar-refractivity contribution in [2.24, 2.45) is 4.99 Å². The first kappa shape index (κ1) is 17.1. The van der Waals surface area contributed by atoms with E-state index in [9.17, 15) is 4.79 Å². The maximum atomic E-state index is 11.0. The van der Waals surface area contributed by atoms with Crippen molar-refractivity contribution in [3.63, 3.8) is 0 Å². The van der Waals surface area contributed by atoms with Gasteiger partial charge >= 0.3 is 161 Å². The molecule has 0 spiro atoms. The van der Waals surface area contributed by atoms with Crippen LogP contribution in [0.15, 0.2) is 63.3 Å². The molecule has 1 aromatic heterocycles. The second kappa shape index (κ2) is 7.15. The molecule has 1 unspecified atom stereocenters. The number of carbonyl (C=O) groups is 1. The van der Waals surface area contributed by atoms with Gasteiger partial charge in [0, 0.05) is 0 Å². The van der Waals surface area contributed by atoms with E-state index >= 15 is 0 Å². The standard InChI is InChI=1S/C17H16AsN5O2S/c1-11-8-14(21-20-11)18-15-9-22(10-16-19-6-7-23(15)16)26-13-4-2-12(3-5-13)17(24)25/h2-9,18H,10H2,1H3,(H,20,21)(H,24,25)/q+1. The summed E-state index contributed by atoms with van der Waals surface area (Å²) in [5, 5.41) is 16.4. The van der Waals surface area contributed by atoms with Crippen molar-refractivity contribution in [2.45, 2.75) is 11.8 Å². The number of aryl methyl sites for hydroxylation is 1. The number of benzene rings is 1. The third-order valence-corrected chi connectivity index (χ3v) is 7.17. The molecule has 0 fully saturated rings. The average Bonchev–Trinajstić information content (AvgIpc) is 3.24. The Labute approximate surface area is 161 Å². The van der Waals surface area contributed by atoms with E-state index in [0.29, 0.717) is 12.1 Å². The van der Waals surface area contributed by atoms with Crippen LogP contribution in [0.3, 0.4) is 0 Å². The van der Waals surface area contributed by atoms with Crippen LogP contribution in [0.25, 0.3) is 0 Å². The predicted octanol–water partition coefficient (Wildman–Crippen LogP) is 1.32. The fourth-order valence-corrected chi connectivity index (χ4v) is 6.20. The zero-order valence-electron chi connectivity index (χ0n) is 13.9. The van der Waals surface area contributed by atoms with Crippen LogP contribution >= 0.6 is 11.9 Å². The molecular weight excluding hydrogens is 413 g/mol. The third kappa shape index (κ3) is 3.62. The minimum atomic E-state index is -0.913. The predicted molar refractivity (Wildman–Crippen MR) is 103 cm³/mol. The molecule has 1 radical (unpaired) electrons. The summed E-state index contributed by atoms with van der Waals surface area (Å²) in [7, 11) is 0. The molecular formula is C17H16AsN5O2S+. The number of nitrogens with one attached hydrogen (secondary N) is 1. The number of carboxylic acid groups (broad SMARTS) is 1. The SMILES string of the molecule is Cc1cc([AsH]C2=CN(Sc3ccc(C(=O)O)cc3)CC3=NC=C[N+]23)n[nH]1. The topological polar surface area (TPSA) is 87.5 Å². The third-order valence-electron chi connectivity index (χ3n) is 3.83. The van der Waals surface area contributed by atoms with Gasteiger partial charge < -0.3 is 0 Å². The molecule has 4 rings (SSSR count). The van der Waals surface area contributed by atoms with E-state index in [4.69, 9.17) is 5.11 Å². The number of aromatic amines is 1. The van der Waals surface area contributed by atoms with E-state index in [1.165, 1.54) is 4.48 Å². The van der Waals surface area contributed by atoms with Crippen molar-refractivity contribution in [3.8, 4) is 0 Å². The number of aliphatic imine (C=N–C) groups is 1. The summed E-state index contributed by atoms with van der Waals surface area (Å²) in [6.07, 6.45) is 5.96. The molecule has 0 amide bonds. The Morgan fingerprint density at radius 3 is 2.88 bits per heavy atom. The molecule has 2 aliphatic rings. The number of H-pyrrole nitrogens is 1. The van der Waals surface area contributed by atoms with E-state index in [1.54, 1.807) is 24.1 Å². The van der Waals surface area contributed by atoms with E-state index in [-0.39, 0.29) is 0 Å². The van der Waals surface area contributed by atoms with Crippen LogP contribution in [0, 0.1) is 6.92 Å². The first-order valence-electron chi connectivity index (χ1n) is 7.90. The summed E-state index contributed by atoms with van der Waals surface area (Å²) in [4.78, 5) is 18.6. The molecule has 0 aliphatic carbocycles.